The van der Waals surface area contributed by atoms with Gasteiger partial charge in [0.25, 0.3) is 5.91 Å². The first kappa shape index (κ1) is 17.2. The first-order valence-corrected chi connectivity index (χ1v) is 7.29. The van der Waals surface area contributed by atoms with E-state index in [2.05, 4.69) is 48.7 Å². The van der Waals surface area contributed by atoms with Gasteiger partial charge in [0.15, 0.2) is 6.54 Å². The molecule has 0 fully saturated rings. The summed E-state index contributed by atoms with van der Waals surface area (Å²) in [7, 11) is 3.52. The molecular formula is C16H26N3O2+. The van der Waals surface area contributed by atoms with Crippen molar-refractivity contribution in [2.45, 2.75) is 26.3 Å². The van der Waals surface area contributed by atoms with Crippen LogP contribution < -0.4 is 15.5 Å². The quantitative estimate of drug-likeness (QED) is 0.645. The topological polar surface area (TPSA) is 62.6 Å². The smallest absolute Gasteiger partial charge is 0.275 e. The third kappa shape index (κ3) is 6.40. The lowest BCUT2D eigenvalue weighted by Crippen LogP contribution is -3.08. The number of carbonyl (C=O) groups is 2. The van der Waals surface area contributed by atoms with Crippen LogP contribution in [0.3, 0.4) is 0 Å². The summed E-state index contributed by atoms with van der Waals surface area (Å²) >= 11 is 0. The van der Waals surface area contributed by atoms with Crippen molar-refractivity contribution < 1.29 is 14.5 Å². The van der Waals surface area contributed by atoms with Gasteiger partial charge in [-0.3, -0.25) is 9.59 Å². The Balaban J connectivity index is 2.40. The first-order valence-electron chi connectivity index (χ1n) is 7.29. The Bertz CT molecular complexity index is 469. The second-order valence-corrected chi connectivity index (χ2v) is 5.66. The zero-order chi connectivity index (χ0) is 15.8. The van der Waals surface area contributed by atoms with E-state index in [0.717, 1.165) is 11.4 Å². The molecule has 2 amide bonds. The van der Waals surface area contributed by atoms with E-state index in [9.17, 15) is 9.59 Å². The molecule has 5 heteroatoms. The van der Waals surface area contributed by atoms with Crippen LogP contribution in [-0.4, -0.2) is 39.0 Å². The van der Waals surface area contributed by atoms with Crippen LogP contribution in [0.2, 0.25) is 0 Å². The Morgan fingerprint density at radius 2 is 1.76 bits per heavy atom. The zero-order valence-electron chi connectivity index (χ0n) is 13.3. The molecule has 1 atom stereocenters. The van der Waals surface area contributed by atoms with Gasteiger partial charge in [-0.1, -0.05) is 38.1 Å². The third-order valence-corrected chi connectivity index (χ3v) is 3.34. The van der Waals surface area contributed by atoms with Crippen LogP contribution in [0.5, 0.6) is 0 Å². The molecule has 5 nitrogen and oxygen atoms in total. The van der Waals surface area contributed by atoms with Gasteiger partial charge >= 0.3 is 0 Å². The van der Waals surface area contributed by atoms with E-state index in [-0.39, 0.29) is 18.4 Å². The molecule has 0 aliphatic carbocycles. The van der Waals surface area contributed by atoms with E-state index in [1.54, 1.807) is 7.05 Å². The molecule has 0 aromatic heterocycles. The average Bonchev–Trinajstić information content (AvgIpc) is 2.45. The number of rotatable bonds is 7. The monoisotopic (exact) mass is 292 g/mol. The number of carbonyl (C=O) groups excluding carboxylic acids is 2. The van der Waals surface area contributed by atoms with Crippen molar-refractivity contribution in [3.8, 4) is 0 Å². The molecule has 1 aromatic carbocycles. The lowest BCUT2D eigenvalue weighted by Gasteiger charge is -2.14. The fourth-order valence-corrected chi connectivity index (χ4v) is 2.04. The molecule has 21 heavy (non-hydrogen) atoms. The Labute approximate surface area is 126 Å². The maximum absolute atomic E-state index is 11.7. The minimum Gasteiger partial charge on any atom is -0.358 e. The predicted octanol–water partition coefficient (Wildman–Crippen LogP) is -0.313. The van der Waals surface area contributed by atoms with Gasteiger partial charge in [-0.15, -0.1) is 0 Å². The summed E-state index contributed by atoms with van der Waals surface area (Å²) in [6, 6.07) is 8.50. The van der Waals surface area contributed by atoms with Crippen molar-refractivity contribution >= 4 is 11.8 Å². The van der Waals surface area contributed by atoms with Gasteiger partial charge in [-0.2, -0.15) is 0 Å². The lowest BCUT2D eigenvalue weighted by atomic mass is 10.0. The van der Waals surface area contributed by atoms with Gasteiger partial charge in [-0.25, -0.2) is 0 Å². The zero-order valence-corrected chi connectivity index (χ0v) is 13.3. The highest BCUT2D eigenvalue weighted by molar-refractivity contribution is 5.84. The van der Waals surface area contributed by atoms with Crippen LogP contribution in [0.15, 0.2) is 24.3 Å². The largest absolute Gasteiger partial charge is 0.358 e. The van der Waals surface area contributed by atoms with Crippen LogP contribution in [-0.2, 0) is 16.1 Å². The average molecular weight is 292 g/mol. The molecule has 0 aliphatic rings. The molecule has 0 spiro atoms. The number of quaternary nitrogens is 1. The standard InChI is InChI=1S/C16H25N3O2/c1-12(2)14-7-5-13(6-8-14)10-19(4)11-16(21)18-9-15(20)17-3/h5-8,12H,9-11H2,1-4H3,(H,17,20)(H,18,21)/p+1. The maximum Gasteiger partial charge on any atom is 0.275 e. The van der Waals surface area contributed by atoms with Gasteiger partial charge in [0.1, 0.15) is 6.54 Å². The third-order valence-electron chi connectivity index (χ3n) is 3.34. The SMILES string of the molecule is CNC(=O)CNC(=O)C[NH+](C)Cc1ccc(C(C)C)cc1. The number of nitrogens with one attached hydrogen (secondary N) is 3. The second-order valence-electron chi connectivity index (χ2n) is 5.66. The van der Waals surface area contributed by atoms with Gasteiger partial charge in [0.2, 0.25) is 5.91 Å². The Morgan fingerprint density at radius 1 is 1.14 bits per heavy atom. The number of likely N-dealkylation sites (N-methyl/N-ethyl adjacent to an activating group) is 2. The highest BCUT2D eigenvalue weighted by atomic mass is 16.2. The van der Waals surface area contributed by atoms with E-state index in [1.807, 2.05) is 7.05 Å². The molecule has 0 heterocycles. The van der Waals surface area contributed by atoms with E-state index < -0.39 is 0 Å². The van der Waals surface area contributed by atoms with Crippen molar-refractivity contribution in [2.75, 3.05) is 27.2 Å². The predicted molar refractivity (Wildman–Crippen MR) is 83.1 cm³/mol. The fourth-order valence-electron chi connectivity index (χ4n) is 2.04. The highest BCUT2D eigenvalue weighted by Crippen LogP contribution is 2.14. The van der Waals surface area contributed by atoms with Crippen molar-refractivity contribution in [2.24, 2.45) is 0 Å². The Morgan fingerprint density at radius 3 is 2.29 bits per heavy atom. The number of amides is 2. The van der Waals surface area contributed by atoms with Crippen molar-refractivity contribution in [3.63, 3.8) is 0 Å². The van der Waals surface area contributed by atoms with Crippen molar-refractivity contribution in [1.29, 1.82) is 0 Å². The van der Waals surface area contributed by atoms with E-state index >= 15 is 0 Å². The number of hydrogen-bond donors (Lipinski definition) is 3. The normalized spacial score (nSPS) is 12.0. The molecule has 3 N–H and O–H groups in total. The minimum absolute atomic E-state index is 0.0334. The van der Waals surface area contributed by atoms with Crippen LogP contribution in [0.1, 0.15) is 30.9 Å². The molecule has 0 bridgehead atoms. The molecule has 116 valence electrons. The Kier molecular flexibility index (Phi) is 6.88. The van der Waals surface area contributed by atoms with Crippen molar-refractivity contribution in [3.05, 3.63) is 35.4 Å². The summed E-state index contributed by atoms with van der Waals surface area (Å²) in [5.74, 6) is 0.222. The van der Waals surface area contributed by atoms with Gasteiger partial charge in [0.05, 0.1) is 13.6 Å². The number of benzene rings is 1. The highest BCUT2D eigenvalue weighted by Gasteiger charge is 2.11. The first-order chi connectivity index (χ1) is 9.92. The fraction of sp³-hybridized carbons (Fsp3) is 0.500. The molecule has 1 rings (SSSR count). The summed E-state index contributed by atoms with van der Waals surface area (Å²) in [6.45, 7) is 5.51. The summed E-state index contributed by atoms with van der Waals surface area (Å²) in [5.41, 5.74) is 2.52. The van der Waals surface area contributed by atoms with E-state index in [4.69, 9.17) is 0 Å². The molecule has 0 aliphatic heterocycles. The maximum atomic E-state index is 11.7. The minimum atomic E-state index is -0.190. The van der Waals surface area contributed by atoms with Crippen LogP contribution in [0.4, 0.5) is 0 Å². The van der Waals surface area contributed by atoms with Gasteiger partial charge in [-0.05, 0) is 11.5 Å². The summed E-state index contributed by atoms with van der Waals surface area (Å²) < 4.78 is 0. The van der Waals surface area contributed by atoms with Crippen LogP contribution >= 0.6 is 0 Å². The molecule has 1 unspecified atom stereocenters. The summed E-state index contributed by atoms with van der Waals surface area (Å²) in [5, 5.41) is 5.07. The second kappa shape index (κ2) is 8.42. The lowest BCUT2D eigenvalue weighted by molar-refractivity contribution is -0.885. The van der Waals surface area contributed by atoms with Crippen LogP contribution in [0.25, 0.3) is 0 Å². The van der Waals surface area contributed by atoms with E-state index in [0.29, 0.717) is 12.5 Å². The molecular weight excluding hydrogens is 266 g/mol. The molecule has 1 aromatic rings. The van der Waals surface area contributed by atoms with Crippen molar-refractivity contribution in [1.82, 2.24) is 10.6 Å². The molecule has 0 saturated heterocycles. The summed E-state index contributed by atoms with van der Waals surface area (Å²) in [4.78, 5) is 23.8. The number of hydrogen-bond acceptors (Lipinski definition) is 2. The van der Waals surface area contributed by atoms with Crippen LogP contribution in [0, 0.1) is 0 Å². The Hall–Kier alpha value is -1.88. The summed E-state index contributed by atoms with van der Waals surface area (Å²) in [6.07, 6.45) is 0. The molecule has 0 radical (unpaired) electrons. The molecule has 0 saturated carbocycles. The van der Waals surface area contributed by atoms with Gasteiger partial charge in [0, 0.05) is 12.6 Å². The van der Waals surface area contributed by atoms with E-state index in [1.165, 1.54) is 11.1 Å². The van der Waals surface area contributed by atoms with Gasteiger partial charge < -0.3 is 15.5 Å².